The number of nitrogen functional groups attached to an aromatic ring is 1. The van der Waals surface area contributed by atoms with E-state index in [-0.39, 0.29) is 16.3 Å². The smallest absolute Gasteiger partial charge is 0.268 e. The van der Waals surface area contributed by atoms with Gasteiger partial charge in [-0.25, -0.2) is 13.8 Å². The van der Waals surface area contributed by atoms with Crippen LogP contribution in [0.15, 0.2) is 24.3 Å². The number of hydrogen-bond donors (Lipinski definition) is 2. The van der Waals surface area contributed by atoms with Gasteiger partial charge in [-0.15, -0.1) is 11.3 Å². The summed E-state index contributed by atoms with van der Waals surface area (Å²) in [5, 5.41) is 3.07. The van der Waals surface area contributed by atoms with Gasteiger partial charge in [0.1, 0.15) is 21.3 Å². The molecule has 25 heavy (non-hydrogen) atoms. The number of fused-ring (bicyclic) bond motifs is 1. The molecule has 0 saturated carbocycles. The normalized spacial score (nSPS) is 11.0. The molecule has 2 heterocycles. The fourth-order valence-electron chi connectivity index (χ4n) is 2.55. The number of ether oxygens (including phenoxy) is 1. The van der Waals surface area contributed by atoms with Crippen LogP contribution in [-0.4, -0.2) is 18.0 Å². The maximum absolute atomic E-state index is 13.7. The number of hydrogen-bond acceptors (Lipinski definition) is 5. The van der Waals surface area contributed by atoms with E-state index in [1.54, 1.807) is 7.11 Å². The van der Waals surface area contributed by atoms with Crippen LogP contribution in [0, 0.1) is 18.6 Å². The minimum atomic E-state index is -0.859. The van der Waals surface area contributed by atoms with Crippen molar-refractivity contribution in [3.8, 4) is 0 Å². The van der Waals surface area contributed by atoms with Gasteiger partial charge in [0.2, 0.25) is 0 Å². The Hall–Kier alpha value is -2.58. The lowest BCUT2D eigenvalue weighted by Gasteiger charge is -2.06. The van der Waals surface area contributed by atoms with Crippen LogP contribution in [0.25, 0.3) is 10.2 Å². The van der Waals surface area contributed by atoms with E-state index in [1.165, 1.54) is 0 Å². The Morgan fingerprint density at radius 2 is 2.12 bits per heavy atom. The highest BCUT2D eigenvalue weighted by atomic mass is 32.1. The second-order valence-corrected chi connectivity index (χ2v) is 6.46. The van der Waals surface area contributed by atoms with Crippen molar-refractivity contribution >= 4 is 38.8 Å². The van der Waals surface area contributed by atoms with E-state index in [9.17, 15) is 13.6 Å². The molecule has 8 heteroatoms. The number of pyridine rings is 1. The molecular formula is C17H15F2N3O2S. The Balaban J connectivity index is 2.02. The predicted molar refractivity (Wildman–Crippen MR) is 93.8 cm³/mol. The van der Waals surface area contributed by atoms with Gasteiger partial charge < -0.3 is 15.8 Å². The zero-order chi connectivity index (χ0) is 18.1. The monoisotopic (exact) mass is 363 g/mol. The van der Waals surface area contributed by atoms with Crippen LogP contribution in [0.5, 0.6) is 0 Å². The summed E-state index contributed by atoms with van der Waals surface area (Å²) in [6.07, 6.45) is 0. The minimum Gasteiger partial charge on any atom is -0.397 e. The number of amides is 1. The van der Waals surface area contributed by atoms with Crippen molar-refractivity contribution in [2.45, 2.75) is 13.5 Å². The van der Waals surface area contributed by atoms with E-state index in [4.69, 9.17) is 10.5 Å². The van der Waals surface area contributed by atoms with Crippen molar-refractivity contribution in [1.82, 2.24) is 4.98 Å². The van der Waals surface area contributed by atoms with E-state index in [0.717, 1.165) is 34.7 Å². The first-order valence-electron chi connectivity index (χ1n) is 7.34. The molecule has 1 amide bonds. The SMILES string of the molecule is COCc1cc(C)nc2sc(C(=O)Nc3ccc(F)cc3F)c(N)c12. The first kappa shape index (κ1) is 17.2. The highest BCUT2D eigenvalue weighted by Gasteiger charge is 2.21. The van der Waals surface area contributed by atoms with Crippen LogP contribution in [0.3, 0.4) is 0 Å². The first-order chi connectivity index (χ1) is 11.9. The Morgan fingerprint density at radius 1 is 1.36 bits per heavy atom. The summed E-state index contributed by atoms with van der Waals surface area (Å²) in [4.78, 5) is 17.7. The quantitative estimate of drug-likeness (QED) is 0.738. The summed E-state index contributed by atoms with van der Waals surface area (Å²) in [6, 6.07) is 4.77. The third kappa shape index (κ3) is 3.31. The predicted octanol–water partition coefficient (Wildman–Crippen LogP) is 3.86. The molecule has 130 valence electrons. The highest BCUT2D eigenvalue weighted by molar-refractivity contribution is 7.21. The van der Waals surface area contributed by atoms with Crippen LogP contribution in [0.1, 0.15) is 20.9 Å². The molecule has 2 aromatic heterocycles. The van der Waals surface area contributed by atoms with Crippen LogP contribution in [-0.2, 0) is 11.3 Å². The maximum Gasteiger partial charge on any atom is 0.268 e. The lowest BCUT2D eigenvalue weighted by Crippen LogP contribution is -2.13. The van der Waals surface area contributed by atoms with Gasteiger partial charge in [0.15, 0.2) is 0 Å². The summed E-state index contributed by atoms with van der Waals surface area (Å²) in [5.74, 6) is -2.16. The number of nitrogens with zero attached hydrogens (tertiary/aromatic N) is 1. The number of methoxy groups -OCH3 is 1. The van der Waals surface area contributed by atoms with Crippen molar-refractivity contribution in [3.63, 3.8) is 0 Å². The molecule has 3 aromatic rings. The Kier molecular flexibility index (Phi) is 4.65. The van der Waals surface area contributed by atoms with Crippen LogP contribution in [0.2, 0.25) is 0 Å². The first-order valence-corrected chi connectivity index (χ1v) is 8.16. The summed E-state index contributed by atoms with van der Waals surface area (Å²) < 4.78 is 31.9. The second kappa shape index (κ2) is 6.73. The average Bonchev–Trinajstić information content (AvgIpc) is 2.87. The molecule has 0 bridgehead atoms. The Labute approximate surface area is 146 Å². The van der Waals surface area contributed by atoms with Crippen molar-refractivity contribution in [3.05, 3.63) is 52.0 Å². The lowest BCUT2D eigenvalue weighted by molar-refractivity contribution is 0.103. The number of benzene rings is 1. The van der Waals surface area contributed by atoms with Gasteiger partial charge >= 0.3 is 0 Å². The maximum atomic E-state index is 13.7. The number of anilines is 2. The minimum absolute atomic E-state index is 0.121. The molecule has 0 radical (unpaired) electrons. The van der Waals surface area contributed by atoms with Crippen molar-refractivity contribution in [2.75, 3.05) is 18.2 Å². The molecule has 0 spiro atoms. The van der Waals surface area contributed by atoms with Crippen LogP contribution in [0.4, 0.5) is 20.2 Å². The third-order valence-corrected chi connectivity index (χ3v) is 4.69. The fraction of sp³-hybridized carbons (Fsp3) is 0.176. The molecule has 0 aliphatic heterocycles. The molecule has 0 fully saturated rings. The number of rotatable bonds is 4. The molecule has 0 atom stereocenters. The lowest BCUT2D eigenvalue weighted by atomic mass is 10.1. The summed E-state index contributed by atoms with van der Waals surface area (Å²) >= 11 is 1.11. The van der Waals surface area contributed by atoms with Crippen molar-refractivity contribution < 1.29 is 18.3 Å². The molecule has 0 aliphatic rings. The molecule has 1 aromatic carbocycles. The van der Waals surface area contributed by atoms with E-state index in [1.807, 2.05) is 13.0 Å². The second-order valence-electron chi connectivity index (χ2n) is 5.46. The van der Waals surface area contributed by atoms with E-state index in [0.29, 0.717) is 22.9 Å². The van der Waals surface area contributed by atoms with Gasteiger partial charge in [0.25, 0.3) is 5.91 Å². The number of carbonyl (C=O) groups excluding carboxylic acids is 1. The number of carbonyl (C=O) groups is 1. The molecule has 0 saturated heterocycles. The van der Waals surface area contributed by atoms with Crippen LogP contribution >= 0.6 is 11.3 Å². The van der Waals surface area contributed by atoms with Gasteiger partial charge in [-0.05, 0) is 30.7 Å². The highest BCUT2D eigenvalue weighted by Crippen LogP contribution is 2.36. The molecule has 0 unspecified atom stereocenters. The summed E-state index contributed by atoms with van der Waals surface area (Å²) in [5.41, 5.74) is 7.88. The van der Waals surface area contributed by atoms with Crippen LogP contribution < -0.4 is 11.1 Å². The van der Waals surface area contributed by atoms with E-state index < -0.39 is 17.5 Å². The van der Waals surface area contributed by atoms with E-state index in [2.05, 4.69) is 10.3 Å². The number of aromatic nitrogens is 1. The number of aryl methyl sites for hydroxylation is 1. The zero-order valence-electron chi connectivity index (χ0n) is 13.5. The summed E-state index contributed by atoms with van der Waals surface area (Å²) in [7, 11) is 1.56. The Morgan fingerprint density at radius 3 is 2.80 bits per heavy atom. The Bertz CT molecular complexity index is 972. The van der Waals surface area contributed by atoms with Gasteiger partial charge in [-0.2, -0.15) is 0 Å². The number of nitrogens with one attached hydrogen (secondary N) is 1. The van der Waals surface area contributed by atoms with Gasteiger partial charge in [-0.3, -0.25) is 4.79 Å². The molecule has 3 N–H and O–H groups in total. The molecule has 3 rings (SSSR count). The molecule has 5 nitrogen and oxygen atoms in total. The largest absolute Gasteiger partial charge is 0.397 e. The average molecular weight is 363 g/mol. The zero-order valence-corrected chi connectivity index (χ0v) is 14.3. The molecular weight excluding hydrogens is 348 g/mol. The fourth-order valence-corrected chi connectivity index (χ4v) is 3.63. The summed E-state index contributed by atoms with van der Waals surface area (Å²) in [6.45, 7) is 2.16. The van der Waals surface area contributed by atoms with Crippen molar-refractivity contribution in [1.29, 1.82) is 0 Å². The van der Waals surface area contributed by atoms with Crippen molar-refractivity contribution in [2.24, 2.45) is 0 Å². The van der Waals surface area contributed by atoms with Gasteiger partial charge in [0.05, 0.1) is 18.0 Å². The number of halogens is 2. The topological polar surface area (TPSA) is 77.2 Å². The molecule has 0 aliphatic carbocycles. The van der Waals surface area contributed by atoms with Gasteiger partial charge in [-0.1, -0.05) is 0 Å². The number of nitrogens with two attached hydrogens (primary N) is 1. The van der Waals surface area contributed by atoms with E-state index >= 15 is 0 Å². The van der Waals surface area contributed by atoms with Gasteiger partial charge in [0, 0.05) is 24.3 Å². The number of thiophene rings is 1. The standard InChI is InChI=1S/C17H15F2N3O2S/c1-8-5-9(7-24-2)13-14(20)15(25-17(13)21-8)16(23)22-12-4-3-10(18)6-11(12)19/h3-6H,7,20H2,1-2H3,(H,22,23). The third-order valence-electron chi connectivity index (χ3n) is 3.59.